The van der Waals surface area contributed by atoms with Crippen molar-refractivity contribution in [1.82, 2.24) is 0 Å². The van der Waals surface area contributed by atoms with Gasteiger partial charge < -0.3 is 25.2 Å². The van der Waals surface area contributed by atoms with Crippen LogP contribution >= 0.6 is 0 Å². The molecule has 4 N–H and O–H groups in total. The maximum Gasteiger partial charge on any atom is 0.129 e. The minimum absolute atomic E-state index is 0.192. The van der Waals surface area contributed by atoms with Gasteiger partial charge >= 0.3 is 0 Å². The molecule has 0 aliphatic carbocycles. The topological polar surface area (TPSA) is 114 Å². The van der Waals surface area contributed by atoms with E-state index in [0.717, 1.165) is 0 Å². The number of rotatable bonds is 4. The molecule has 29 heavy (non-hydrogen) atoms. The SMILES string of the molecule is Cc1cc(F)c(Cc2cc([C@@H]3O[C@H](CO)[C@@H](O)[C@H](O)[C@H]3O)ccc2C#N)c(F)c1. The Morgan fingerprint density at radius 1 is 1.03 bits per heavy atom. The van der Waals surface area contributed by atoms with Crippen molar-refractivity contribution in [2.75, 3.05) is 6.61 Å². The summed E-state index contributed by atoms with van der Waals surface area (Å²) in [5, 5.41) is 48.9. The van der Waals surface area contributed by atoms with Gasteiger partial charge in [0.05, 0.1) is 18.2 Å². The molecule has 5 atom stereocenters. The molecule has 2 aromatic carbocycles. The van der Waals surface area contributed by atoms with Gasteiger partial charge in [-0.25, -0.2) is 8.78 Å². The van der Waals surface area contributed by atoms with Crippen LogP contribution < -0.4 is 0 Å². The molecule has 0 spiro atoms. The van der Waals surface area contributed by atoms with Crippen LogP contribution in [0.25, 0.3) is 0 Å². The lowest BCUT2D eigenvalue weighted by atomic mass is 9.89. The quantitative estimate of drug-likeness (QED) is 0.609. The monoisotopic (exact) mass is 405 g/mol. The van der Waals surface area contributed by atoms with Crippen LogP contribution in [0.5, 0.6) is 0 Å². The van der Waals surface area contributed by atoms with Crippen molar-refractivity contribution in [2.45, 2.75) is 43.9 Å². The Bertz CT molecular complexity index is 920. The first-order chi connectivity index (χ1) is 13.8. The zero-order valence-corrected chi connectivity index (χ0v) is 15.6. The number of aliphatic hydroxyl groups is 4. The number of aliphatic hydroxyl groups excluding tert-OH is 4. The highest BCUT2D eigenvalue weighted by Gasteiger charge is 2.44. The number of hydrogen-bond donors (Lipinski definition) is 4. The standard InChI is InChI=1S/C21H21F2NO5/c1-10-4-15(22)14(16(23)5-10)7-13-6-11(2-3-12(13)8-24)21-20(28)19(27)18(26)17(9-25)29-21/h2-6,17-21,25-28H,7,9H2,1H3/t17-,18-,19+,20-,21+/m1/s1. The average Bonchev–Trinajstić information content (AvgIpc) is 2.69. The van der Waals surface area contributed by atoms with E-state index in [0.29, 0.717) is 16.7 Å². The molecule has 154 valence electrons. The van der Waals surface area contributed by atoms with Gasteiger partial charge in [-0.05, 0) is 41.8 Å². The van der Waals surface area contributed by atoms with Gasteiger partial charge in [0.1, 0.15) is 42.2 Å². The maximum atomic E-state index is 14.3. The van der Waals surface area contributed by atoms with Crippen molar-refractivity contribution in [1.29, 1.82) is 5.26 Å². The molecule has 0 aromatic heterocycles. The van der Waals surface area contributed by atoms with Crippen LogP contribution in [0.2, 0.25) is 0 Å². The second-order valence-electron chi connectivity index (χ2n) is 7.16. The van der Waals surface area contributed by atoms with Crippen molar-refractivity contribution >= 4 is 0 Å². The minimum atomic E-state index is -1.56. The molecule has 0 bridgehead atoms. The van der Waals surface area contributed by atoms with Gasteiger partial charge in [-0.2, -0.15) is 5.26 Å². The van der Waals surface area contributed by atoms with Gasteiger partial charge in [-0.15, -0.1) is 0 Å². The largest absolute Gasteiger partial charge is 0.394 e. The number of hydrogen-bond acceptors (Lipinski definition) is 6. The zero-order chi connectivity index (χ0) is 21.3. The summed E-state index contributed by atoms with van der Waals surface area (Å²) in [6, 6.07) is 8.74. The number of halogens is 2. The summed E-state index contributed by atoms with van der Waals surface area (Å²) >= 11 is 0. The first-order valence-corrected chi connectivity index (χ1v) is 9.04. The highest BCUT2D eigenvalue weighted by Crippen LogP contribution is 2.34. The van der Waals surface area contributed by atoms with E-state index in [4.69, 9.17) is 4.74 Å². The second-order valence-corrected chi connectivity index (χ2v) is 7.16. The highest BCUT2D eigenvalue weighted by atomic mass is 19.1. The average molecular weight is 405 g/mol. The van der Waals surface area contributed by atoms with Gasteiger partial charge in [0.2, 0.25) is 0 Å². The summed E-state index contributed by atoms with van der Waals surface area (Å²) in [6.45, 7) is 0.987. The Balaban J connectivity index is 1.99. The third kappa shape index (κ3) is 4.15. The van der Waals surface area contributed by atoms with Crippen LogP contribution in [0, 0.1) is 29.9 Å². The van der Waals surface area contributed by atoms with Crippen LogP contribution in [-0.4, -0.2) is 51.4 Å². The smallest absolute Gasteiger partial charge is 0.129 e. The Kier molecular flexibility index (Phi) is 6.27. The number of nitrogens with zero attached hydrogens (tertiary/aromatic N) is 1. The summed E-state index contributed by atoms with van der Waals surface area (Å²) in [4.78, 5) is 0. The van der Waals surface area contributed by atoms with Crippen molar-refractivity contribution < 1.29 is 33.9 Å². The van der Waals surface area contributed by atoms with Crippen molar-refractivity contribution in [3.8, 4) is 6.07 Å². The highest BCUT2D eigenvalue weighted by molar-refractivity contribution is 5.44. The second kappa shape index (κ2) is 8.53. The predicted molar refractivity (Wildman–Crippen MR) is 97.8 cm³/mol. The Hall–Kier alpha value is -2.41. The molecular formula is C21H21F2NO5. The third-order valence-corrected chi connectivity index (χ3v) is 5.12. The summed E-state index contributed by atoms with van der Waals surface area (Å²) in [5.41, 5.74) is 1.07. The molecule has 1 aliphatic rings. The van der Waals surface area contributed by atoms with Crippen LogP contribution in [0.15, 0.2) is 30.3 Å². The molecule has 1 heterocycles. The van der Waals surface area contributed by atoms with E-state index in [-0.39, 0.29) is 17.5 Å². The lowest BCUT2D eigenvalue weighted by molar-refractivity contribution is -0.231. The molecule has 0 radical (unpaired) electrons. The third-order valence-electron chi connectivity index (χ3n) is 5.12. The fourth-order valence-corrected chi connectivity index (χ4v) is 3.51. The van der Waals surface area contributed by atoms with Crippen LogP contribution in [0.4, 0.5) is 8.78 Å². The van der Waals surface area contributed by atoms with E-state index in [2.05, 4.69) is 0 Å². The summed E-state index contributed by atoms with van der Waals surface area (Å²) < 4.78 is 34.0. The van der Waals surface area contributed by atoms with E-state index >= 15 is 0 Å². The number of ether oxygens (including phenoxy) is 1. The van der Waals surface area contributed by atoms with Gasteiger partial charge in [-0.1, -0.05) is 12.1 Å². The molecule has 6 nitrogen and oxygen atoms in total. The molecule has 1 aliphatic heterocycles. The van der Waals surface area contributed by atoms with E-state index in [9.17, 15) is 34.5 Å². The molecule has 0 amide bonds. The number of benzene rings is 2. The van der Waals surface area contributed by atoms with Gasteiger partial charge in [0.15, 0.2) is 0 Å². The predicted octanol–water partition coefficient (Wildman–Crippen LogP) is 1.25. The normalized spacial score (nSPS) is 26.9. The first kappa shape index (κ1) is 21.3. The lowest BCUT2D eigenvalue weighted by Gasteiger charge is -2.40. The molecule has 0 saturated carbocycles. The first-order valence-electron chi connectivity index (χ1n) is 9.04. The fraction of sp³-hybridized carbons (Fsp3) is 0.381. The Morgan fingerprint density at radius 3 is 2.28 bits per heavy atom. The van der Waals surface area contributed by atoms with Gasteiger partial charge in [0.25, 0.3) is 0 Å². The van der Waals surface area contributed by atoms with E-state index in [1.165, 1.54) is 30.3 Å². The Morgan fingerprint density at radius 2 is 1.69 bits per heavy atom. The minimum Gasteiger partial charge on any atom is -0.394 e. The van der Waals surface area contributed by atoms with Crippen LogP contribution in [0.3, 0.4) is 0 Å². The molecular weight excluding hydrogens is 384 g/mol. The van der Waals surface area contributed by atoms with Gasteiger partial charge in [-0.3, -0.25) is 0 Å². The van der Waals surface area contributed by atoms with E-state index in [1.807, 2.05) is 6.07 Å². The Labute approximate surface area is 166 Å². The van der Waals surface area contributed by atoms with Crippen molar-refractivity contribution in [3.63, 3.8) is 0 Å². The zero-order valence-electron chi connectivity index (χ0n) is 15.6. The van der Waals surface area contributed by atoms with Crippen LogP contribution in [0.1, 0.15) is 33.9 Å². The van der Waals surface area contributed by atoms with Crippen molar-refractivity contribution in [3.05, 3.63) is 69.8 Å². The summed E-state index contributed by atoms with van der Waals surface area (Å²) in [6.07, 6.45) is -6.96. The van der Waals surface area contributed by atoms with E-state index < -0.39 is 48.8 Å². The number of nitriles is 1. The maximum absolute atomic E-state index is 14.3. The summed E-state index contributed by atoms with van der Waals surface area (Å²) in [5.74, 6) is -1.46. The molecule has 2 aromatic rings. The van der Waals surface area contributed by atoms with E-state index in [1.54, 1.807) is 6.92 Å². The lowest BCUT2D eigenvalue weighted by Crippen LogP contribution is -2.55. The molecule has 3 rings (SSSR count). The molecule has 0 unspecified atom stereocenters. The van der Waals surface area contributed by atoms with Gasteiger partial charge in [0, 0.05) is 12.0 Å². The molecule has 1 fully saturated rings. The van der Waals surface area contributed by atoms with Crippen molar-refractivity contribution in [2.24, 2.45) is 0 Å². The number of aryl methyl sites for hydroxylation is 1. The molecule has 8 heteroatoms. The fourth-order valence-electron chi connectivity index (χ4n) is 3.51. The molecule has 1 saturated heterocycles. The van der Waals surface area contributed by atoms with Crippen LogP contribution in [-0.2, 0) is 11.2 Å². The summed E-state index contributed by atoms with van der Waals surface area (Å²) in [7, 11) is 0.